The van der Waals surface area contributed by atoms with Crippen molar-refractivity contribution < 1.29 is 26.7 Å². The number of benzene rings is 1. The zero-order chi connectivity index (χ0) is 18.9. The Balaban J connectivity index is 1.63. The summed E-state index contributed by atoms with van der Waals surface area (Å²) in [6.07, 6.45) is -3.67. The number of aromatic nitrogens is 1. The summed E-state index contributed by atoms with van der Waals surface area (Å²) in [4.78, 5) is 19.4. The molecule has 0 bridgehead atoms. The Morgan fingerprint density at radius 3 is 2.19 bits per heavy atom. The van der Waals surface area contributed by atoms with Gasteiger partial charge in [0.1, 0.15) is 5.82 Å². The molecule has 4 nitrogen and oxygen atoms in total. The number of piperazine rings is 1. The van der Waals surface area contributed by atoms with Gasteiger partial charge in [-0.2, -0.15) is 13.2 Å². The van der Waals surface area contributed by atoms with Crippen LogP contribution < -0.4 is 4.90 Å². The largest absolute Gasteiger partial charge is 0.417 e. The van der Waals surface area contributed by atoms with Crippen LogP contribution in [0.25, 0.3) is 0 Å². The molecular weight excluding hydrogens is 357 g/mol. The number of halogens is 5. The van der Waals surface area contributed by atoms with Crippen LogP contribution in [0, 0.1) is 11.6 Å². The zero-order valence-corrected chi connectivity index (χ0v) is 13.4. The van der Waals surface area contributed by atoms with Gasteiger partial charge in [-0.1, -0.05) is 0 Å². The van der Waals surface area contributed by atoms with E-state index in [0.717, 1.165) is 24.4 Å². The van der Waals surface area contributed by atoms with Gasteiger partial charge in [-0.25, -0.2) is 13.8 Å². The first-order valence-corrected chi connectivity index (χ1v) is 7.78. The van der Waals surface area contributed by atoms with Crippen LogP contribution in [0.5, 0.6) is 0 Å². The molecule has 2 aromatic rings. The van der Waals surface area contributed by atoms with Crippen LogP contribution >= 0.6 is 0 Å². The van der Waals surface area contributed by atoms with E-state index in [-0.39, 0.29) is 5.56 Å². The summed E-state index contributed by atoms with van der Waals surface area (Å²) in [5.41, 5.74) is -0.779. The highest BCUT2D eigenvalue weighted by Gasteiger charge is 2.31. The SMILES string of the molecule is O=C(c1ccc(F)c(F)c1)N1CCN(c2ccc(C(F)(F)F)cn2)CC1. The lowest BCUT2D eigenvalue weighted by atomic mass is 10.1. The summed E-state index contributed by atoms with van der Waals surface area (Å²) in [6.45, 7) is 1.32. The lowest BCUT2D eigenvalue weighted by Crippen LogP contribution is -2.49. The van der Waals surface area contributed by atoms with Gasteiger partial charge in [-0.3, -0.25) is 4.79 Å². The van der Waals surface area contributed by atoms with E-state index in [1.807, 2.05) is 0 Å². The fraction of sp³-hybridized carbons (Fsp3) is 0.294. The van der Waals surface area contributed by atoms with Crippen molar-refractivity contribution in [2.45, 2.75) is 6.18 Å². The summed E-state index contributed by atoms with van der Waals surface area (Å²) in [5.74, 6) is -2.16. The van der Waals surface area contributed by atoms with Gasteiger partial charge in [0.15, 0.2) is 11.6 Å². The molecule has 0 radical (unpaired) electrons. The predicted octanol–water partition coefficient (Wildman–Crippen LogP) is 3.34. The van der Waals surface area contributed by atoms with Gasteiger partial charge in [0.05, 0.1) is 5.56 Å². The maximum Gasteiger partial charge on any atom is 0.417 e. The van der Waals surface area contributed by atoms with Crippen molar-refractivity contribution in [3.8, 4) is 0 Å². The molecule has 1 amide bonds. The Morgan fingerprint density at radius 1 is 0.962 bits per heavy atom. The summed E-state index contributed by atoms with van der Waals surface area (Å²) < 4.78 is 63.9. The Hall–Kier alpha value is -2.71. The van der Waals surface area contributed by atoms with Crippen molar-refractivity contribution >= 4 is 11.7 Å². The summed E-state index contributed by atoms with van der Waals surface area (Å²) >= 11 is 0. The van der Waals surface area contributed by atoms with E-state index in [1.54, 1.807) is 4.90 Å². The average Bonchev–Trinajstić information content (AvgIpc) is 2.63. The molecule has 0 unspecified atom stereocenters. The normalized spacial score (nSPS) is 15.3. The Morgan fingerprint density at radius 2 is 1.65 bits per heavy atom. The molecule has 0 atom stereocenters. The molecule has 1 aromatic carbocycles. The molecule has 26 heavy (non-hydrogen) atoms. The third-order valence-electron chi connectivity index (χ3n) is 4.13. The molecular formula is C17H14F5N3O. The van der Waals surface area contributed by atoms with Crippen LogP contribution in [-0.4, -0.2) is 42.0 Å². The van der Waals surface area contributed by atoms with Crippen LogP contribution in [0.3, 0.4) is 0 Å². The molecule has 1 saturated heterocycles. The van der Waals surface area contributed by atoms with Crippen molar-refractivity contribution in [2.24, 2.45) is 0 Å². The van der Waals surface area contributed by atoms with Gasteiger partial charge in [0, 0.05) is 37.9 Å². The number of hydrogen-bond donors (Lipinski definition) is 0. The lowest BCUT2D eigenvalue weighted by Gasteiger charge is -2.35. The highest BCUT2D eigenvalue weighted by atomic mass is 19.4. The molecule has 0 saturated carbocycles. The number of carbonyl (C=O) groups excluding carboxylic acids is 1. The van der Waals surface area contributed by atoms with E-state index < -0.39 is 29.3 Å². The van der Waals surface area contributed by atoms with Crippen molar-refractivity contribution in [1.82, 2.24) is 9.88 Å². The van der Waals surface area contributed by atoms with Crippen LogP contribution in [-0.2, 0) is 6.18 Å². The summed E-state index contributed by atoms with van der Waals surface area (Å²) in [7, 11) is 0. The number of rotatable bonds is 2. The van der Waals surface area contributed by atoms with E-state index in [4.69, 9.17) is 0 Å². The third kappa shape index (κ3) is 3.76. The second-order valence-electron chi connectivity index (χ2n) is 5.81. The monoisotopic (exact) mass is 371 g/mol. The molecule has 3 rings (SSSR count). The first kappa shape index (κ1) is 18.1. The van der Waals surface area contributed by atoms with Crippen LogP contribution in [0.15, 0.2) is 36.5 Å². The second kappa shape index (κ2) is 6.89. The van der Waals surface area contributed by atoms with E-state index in [1.165, 1.54) is 17.0 Å². The highest BCUT2D eigenvalue weighted by molar-refractivity contribution is 5.94. The fourth-order valence-corrected chi connectivity index (χ4v) is 2.69. The van der Waals surface area contributed by atoms with Crippen LogP contribution in [0.1, 0.15) is 15.9 Å². The van der Waals surface area contributed by atoms with Crippen molar-refractivity contribution in [3.63, 3.8) is 0 Å². The minimum Gasteiger partial charge on any atom is -0.353 e. The van der Waals surface area contributed by atoms with Gasteiger partial charge in [0.25, 0.3) is 5.91 Å². The van der Waals surface area contributed by atoms with Gasteiger partial charge >= 0.3 is 6.18 Å². The minimum absolute atomic E-state index is 0.0463. The smallest absolute Gasteiger partial charge is 0.353 e. The maximum atomic E-state index is 13.3. The van der Waals surface area contributed by atoms with Crippen molar-refractivity contribution in [2.75, 3.05) is 31.1 Å². The number of alkyl halides is 3. The first-order valence-electron chi connectivity index (χ1n) is 7.78. The van der Waals surface area contributed by atoms with E-state index in [2.05, 4.69) is 4.98 Å². The maximum absolute atomic E-state index is 13.3. The van der Waals surface area contributed by atoms with Crippen LogP contribution in [0.2, 0.25) is 0 Å². The Labute approximate surface area is 145 Å². The summed E-state index contributed by atoms with van der Waals surface area (Å²) in [5, 5.41) is 0. The minimum atomic E-state index is -4.44. The molecule has 0 N–H and O–H groups in total. The lowest BCUT2D eigenvalue weighted by molar-refractivity contribution is -0.137. The summed E-state index contributed by atoms with van der Waals surface area (Å²) in [6, 6.07) is 5.20. The molecule has 1 aliphatic heterocycles. The van der Waals surface area contributed by atoms with E-state index >= 15 is 0 Å². The molecule has 0 aliphatic carbocycles. The Kier molecular flexibility index (Phi) is 4.80. The first-order chi connectivity index (χ1) is 12.3. The van der Waals surface area contributed by atoms with Crippen LogP contribution in [0.4, 0.5) is 27.8 Å². The predicted molar refractivity (Wildman–Crippen MR) is 83.7 cm³/mol. The van der Waals surface area contributed by atoms with E-state index in [9.17, 15) is 26.7 Å². The van der Waals surface area contributed by atoms with E-state index in [0.29, 0.717) is 32.0 Å². The second-order valence-corrected chi connectivity index (χ2v) is 5.81. The number of nitrogens with zero attached hydrogens (tertiary/aromatic N) is 3. The number of anilines is 1. The quantitative estimate of drug-likeness (QED) is 0.760. The number of hydrogen-bond acceptors (Lipinski definition) is 3. The van der Waals surface area contributed by atoms with Crippen molar-refractivity contribution in [1.29, 1.82) is 0 Å². The third-order valence-corrected chi connectivity index (χ3v) is 4.13. The number of carbonyl (C=O) groups is 1. The van der Waals surface area contributed by atoms with Gasteiger partial charge in [-0.05, 0) is 30.3 Å². The van der Waals surface area contributed by atoms with Crippen molar-refractivity contribution in [3.05, 3.63) is 59.3 Å². The zero-order valence-electron chi connectivity index (χ0n) is 13.4. The standard InChI is InChI=1S/C17H14F5N3O/c18-13-3-1-11(9-14(13)19)16(26)25-7-5-24(6-8-25)15-4-2-12(10-23-15)17(20,21)22/h1-4,9-10H,5-8H2. The molecule has 2 heterocycles. The topological polar surface area (TPSA) is 36.4 Å². The highest BCUT2D eigenvalue weighted by Crippen LogP contribution is 2.29. The molecule has 0 spiro atoms. The Bertz CT molecular complexity index is 799. The molecule has 1 fully saturated rings. The number of pyridine rings is 1. The van der Waals surface area contributed by atoms with Gasteiger partial charge in [0.2, 0.25) is 0 Å². The molecule has 1 aromatic heterocycles. The average molecular weight is 371 g/mol. The van der Waals surface area contributed by atoms with Gasteiger partial charge < -0.3 is 9.80 Å². The fourth-order valence-electron chi connectivity index (χ4n) is 2.69. The number of amides is 1. The molecule has 138 valence electrons. The van der Waals surface area contributed by atoms with Gasteiger partial charge in [-0.15, -0.1) is 0 Å². The molecule has 1 aliphatic rings. The molecule has 9 heteroatoms.